The van der Waals surface area contributed by atoms with E-state index in [-0.39, 0.29) is 18.1 Å². The lowest BCUT2D eigenvalue weighted by atomic mass is 10.2. The molecule has 0 aliphatic rings. The van der Waals surface area contributed by atoms with Crippen molar-refractivity contribution in [2.24, 2.45) is 0 Å². The molecule has 0 saturated carbocycles. The first-order valence-electron chi connectivity index (χ1n) is 8.76. The van der Waals surface area contributed by atoms with Crippen LogP contribution in [0.25, 0.3) is 17.0 Å². The molecule has 140 valence electrons. The molecule has 4 aromatic rings. The Bertz CT molecular complexity index is 1120. The zero-order valence-electron chi connectivity index (χ0n) is 15.5. The molecule has 0 unspecified atom stereocenters. The minimum atomic E-state index is -0.340. The molecule has 1 N–H and O–H groups in total. The van der Waals surface area contributed by atoms with Crippen molar-refractivity contribution < 1.29 is 9.32 Å². The van der Waals surface area contributed by atoms with Crippen LogP contribution < -0.4 is 5.32 Å². The highest BCUT2D eigenvalue weighted by Gasteiger charge is 2.14. The van der Waals surface area contributed by atoms with Gasteiger partial charge in [0, 0.05) is 17.3 Å². The van der Waals surface area contributed by atoms with E-state index in [0.29, 0.717) is 11.5 Å². The van der Waals surface area contributed by atoms with Crippen LogP contribution in [0.5, 0.6) is 0 Å². The Balaban J connectivity index is 1.42. The van der Waals surface area contributed by atoms with E-state index >= 15 is 0 Å². The van der Waals surface area contributed by atoms with Gasteiger partial charge in [0.05, 0.1) is 24.1 Å². The minimum Gasteiger partial charge on any atom is -0.356 e. The number of amides is 1. The molecule has 3 aromatic heterocycles. The van der Waals surface area contributed by atoms with Crippen LogP contribution in [0.4, 0.5) is 0 Å². The van der Waals surface area contributed by atoms with Gasteiger partial charge in [0.1, 0.15) is 5.69 Å². The van der Waals surface area contributed by atoms with Crippen molar-refractivity contribution in [3.63, 3.8) is 0 Å². The first-order chi connectivity index (χ1) is 13.6. The van der Waals surface area contributed by atoms with Crippen molar-refractivity contribution in [3.8, 4) is 17.0 Å². The molecule has 28 heavy (non-hydrogen) atoms. The normalized spacial score (nSPS) is 10.8. The fourth-order valence-electron chi connectivity index (χ4n) is 2.80. The summed E-state index contributed by atoms with van der Waals surface area (Å²) >= 11 is 0. The maximum absolute atomic E-state index is 12.4. The lowest BCUT2D eigenvalue weighted by Gasteiger charge is -2.04. The first kappa shape index (κ1) is 17.6. The van der Waals surface area contributed by atoms with Crippen LogP contribution in [-0.4, -0.2) is 31.0 Å². The monoisotopic (exact) mass is 374 g/mol. The van der Waals surface area contributed by atoms with Crippen LogP contribution in [0.2, 0.25) is 0 Å². The average Bonchev–Trinajstić information content (AvgIpc) is 3.37. The summed E-state index contributed by atoms with van der Waals surface area (Å²) in [5.74, 6) is 0.311. The van der Waals surface area contributed by atoms with Gasteiger partial charge in [-0.1, -0.05) is 40.7 Å². The van der Waals surface area contributed by atoms with E-state index in [0.717, 1.165) is 22.6 Å². The average molecular weight is 374 g/mol. The summed E-state index contributed by atoms with van der Waals surface area (Å²) in [5, 5.41) is 14.7. The third-order valence-electron chi connectivity index (χ3n) is 4.22. The van der Waals surface area contributed by atoms with Gasteiger partial charge in [-0.2, -0.15) is 0 Å². The predicted molar refractivity (Wildman–Crippen MR) is 102 cm³/mol. The number of aromatic nitrogens is 5. The number of aryl methyl sites for hydroxylation is 2. The van der Waals surface area contributed by atoms with Gasteiger partial charge in [-0.05, 0) is 26.0 Å². The first-order valence-corrected chi connectivity index (χ1v) is 8.76. The van der Waals surface area contributed by atoms with Gasteiger partial charge in [-0.25, -0.2) is 4.68 Å². The number of carbonyl (C=O) groups is 1. The molecule has 0 aliphatic carbocycles. The fourth-order valence-corrected chi connectivity index (χ4v) is 2.80. The molecule has 0 bridgehead atoms. The number of carbonyl (C=O) groups excluding carboxylic acids is 1. The van der Waals surface area contributed by atoms with Crippen LogP contribution >= 0.6 is 0 Å². The standard InChI is InChI=1S/C20H18N6O2/c1-13-8-9-18(14(2)22-13)26-12-17(23-25-26)20(27)21-11-16-10-19(28-24-16)15-6-4-3-5-7-15/h3-10,12H,11H2,1-2H3,(H,21,27). The maximum Gasteiger partial charge on any atom is 0.273 e. The second-order valence-corrected chi connectivity index (χ2v) is 6.34. The molecular formula is C20H18N6O2. The highest BCUT2D eigenvalue weighted by Crippen LogP contribution is 2.19. The number of hydrogen-bond acceptors (Lipinski definition) is 6. The van der Waals surface area contributed by atoms with E-state index in [2.05, 4.69) is 25.8 Å². The number of benzene rings is 1. The van der Waals surface area contributed by atoms with E-state index in [9.17, 15) is 4.79 Å². The van der Waals surface area contributed by atoms with Gasteiger partial charge in [-0.15, -0.1) is 5.10 Å². The topological polar surface area (TPSA) is 98.7 Å². The molecule has 0 fully saturated rings. The molecular weight excluding hydrogens is 356 g/mol. The van der Waals surface area contributed by atoms with E-state index in [1.807, 2.05) is 56.3 Å². The van der Waals surface area contributed by atoms with Crippen molar-refractivity contribution in [2.45, 2.75) is 20.4 Å². The summed E-state index contributed by atoms with van der Waals surface area (Å²) in [7, 11) is 0. The molecule has 0 aliphatic heterocycles. The van der Waals surface area contributed by atoms with Crippen molar-refractivity contribution in [1.82, 2.24) is 30.5 Å². The molecule has 8 nitrogen and oxygen atoms in total. The van der Waals surface area contributed by atoms with Gasteiger partial charge in [0.25, 0.3) is 5.91 Å². The van der Waals surface area contributed by atoms with Crippen molar-refractivity contribution >= 4 is 5.91 Å². The van der Waals surface area contributed by atoms with E-state index in [1.165, 1.54) is 0 Å². The molecule has 0 spiro atoms. The van der Waals surface area contributed by atoms with Crippen LogP contribution in [0.1, 0.15) is 27.6 Å². The van der Waals surface area contributed by atoms with Crippen LogP contribution in [0.15, 0.2) is 59.3 Å². The lowest BCUT2D eigenvalue weighted by Crippen LogP contribution is -2.23. The Morgan fingerprint density at radius 3 is 2.75 bits per heavy atom. The molecule has 1 aromatic carbocycles. The molecule has 4 rings (SSSR count). The number of hydrogen-bond donors (Lipinski definition) is 1. The van der Waals surface area contributed by atoms with Gasteiger partial charge < -0.3 is 9.84 Å². The summed E-state index contributed by atoms with van der Waals surface area (Å²) in [6.07, 6.45) is 1.58. The summed E-state index contributed by atoms with van der Waals surface area (Å²) in [5.41, 5.74) is 4.28. The Kier molecular flexibility index (Phi) is 4.67. The van der Waals surface area contributed by atoms with E-state index in [1.54, 1.807) is 16.9 Å². The molecule has 0 radical (unpaired) electrons. The number of nitrogens with one attached hydrogen (secondary N) is 1. The van der Waals surface area contributed by atoms with Gasteiger partial charge in [0.2, 0.25) is 0 Å². The fraction of sp³-hybridized carbons (Fsp3) is 0.150. The van der Waals surface area contributed by atoms with Crippen LogP contribution in [0.3, 0.4) is 0 Å². The predicted octanol–water partition coefficient (Wildman–Crippen LogP) is 2.86. The summed E-state index contributed by atoms with van der Waals surface area (Å²) in [6, 6.07) is 15.2. The zero-order valence-corrected chi connectivity index (χ0v) is 15.5. The van der Waals surface area contributed by atoms with E-state index < -0.39 is 0 Å². The quantitative estimate of drug-likeness (QED) is 0.577. The number of nitrogens with zero attached hydrogens (tertiary/aromatic N) is 5. The highest BCUT2D eigenvalue weighted by molar-refractivity contribution is 5.91. The number of pyridine rings is 1. The second-order valence-electron chi connectivity index (χ2n) is 6.34. The Hall–Kier alpha value is -3.81. The SMILES string of the molecule is Cc1ccc(-n2cc(C(=O)NCc3cc(-c4ccccc4)on3)nn2)c(C)n1. The largest absolute Gasteiger partial charge is 0.356 e. The maximum atomic E-state index is 12.4. The Morgan fingerprint density at radius 1 is 1.14 bits per heavy atom. The highest BCUT2D eigenvalue weighted by atomic mass is 16.5. The number of rotatable bonds is 5. The molecule has 0 saturated heterocycles. The molecule has 8 heteroatoms. The zero-order chi connectivity index (χ0) is 19.5. The van der Waals surface area contributed by atoms with Gasteiger partial charge in [0.15, 0.2) is 11.5 Å². The van der Waals surface area contributed by atoms with Crippen molar-refractivity contribution in [3.05, 3.63) is 77.5 Å². The van der Waals surface area contributed by atoms with Gasteiger partial charge in [-0.3, -0.25) is 9.78 Å². The smallest absolute Gasteiger partial charge is 0.273 e. The third kappa shape index (κ3) is 3.66. The minimum absolute atomic E-state index is 0.215. The summed E-state index contributed by atoms with van der Waals surface area (Å²) < 4.78 is 6.88. The van der Waals surface area contributed by atoms with E-state index in [4.69, 9.17) is 4.52 Å². The second kappa shape index (κ2) is 7.43. The Morgan fingerprint density at radius 2 is 1.96 bits per heavy atom. The van der Waals surface area contributed by atoms with Crippen molar-refractivity contribution in [1.29, 1.82) is 0 Å². The van der Waals surface area contributed by atoms with Crippen LogP contribution in [0, 0.1) is 13.8 Å². The third-order valence-corrected chi connectivity index (χ3v) is 4.22. The molecule has 1 amide bonds. The Labute approximate surface area is 161 Å². The van der Waals surface area contributed by atoms with Gasteiger partial charge >= 0.3 is 0 Å². The van der Waals surface area contributed by atoms with Crippen molar-refractivity contribution in [2.75, 3.05) is 0 Å². The molecule has 3 heterocycles. The summed E-state index contributed by atoms with van der Waals surface area (Å²) in [4.78, 5) is 16.8. The lowest BCUT2D eigenvalue weighted by molar-refractivity contribution is 0.0945. The van der Waals surface area contributed by atoms with Crippen LogP contribution in [-0.2, 0) is 6.54 Å². The molecule has 0 atom stereocenters. The summed E-state index contributed by atoms with van der Waals surface area (Å²) in [6.45, 7) is 4.04.